The highest BCUT2D eigenvalue weighted by atomic mass is 16.1. The van der Waals surface area contributed by atoms with Gasteiger partial charge in [0.2, 0.25) is 0 Å². The number of anilines is 1. The first kappa shape index (κ1) is 10.4. The molecular formula is C11H12N4O. The molecule has 16 heavy (non-hydrogen) atoms. The van der Waals surface area contributed by atoms with E-state index in [1.807, 2.05) is 13.0 Å². The molecule has 0 bridgehead atoms. The predicted octanol–water partition coefficient (Wildman–Crippen LogP) is 1.38. The van der Waals surface area contributed by atoms with Gasteiger partial charge in [0.05, 0.1) is 11.8 Å². The molecular weight excluding hydrogens is 204 g/mol. The summed E-state index contributed by atoms with van der Waals surface area (Å²) in [5, 5.41) is 6.62. The van der Waals surface area contributed by atoms with Crippen LogP contribution in [0.5, 0.6) is 0 Å². The SMILES string of the molecule is Cc1ccc(NC(=O)c2cnn(C)c2)nc1. The Balaban J connectivity index is 2.10. The van der Waals surface area contributed by atoms with Crippen LogP contribution in [0.2, 0.25) is 0 Å². The van der Waals surface area contributed by atoms with Gasteiger partial charge in [-0.3, -0.25) is 9.48 Å². The lowest BCUT2D eigenvalue weighted by Gasteiger charge is -2.02. The third-order valence-electron chi connectivity index (χ3n) is 2.12. The number of rotatable bonds is 2. The van der Waals surface area contributed by atoms with Crippen molar-refractivity contribution in [3.63, 3.8) is 0 Å². The molecule has 0 aliphatic carbocycles. The number of pyridine rings is 1. The third-order valence-corrected chi connectivity index (χ3v) is 2.12. The van der Waals surface area contributed by atoms with Crippen molar-refractivity contribution in [2.24, 2.45) is 7.05 Å². The van der Waals surface area contributed by atoms with Crippen molar-refractivity contribution in [2.45, 2.75) is 6.92 Å². The standard InChI is InChI=1S/C11H12N4O/c1-8-3-4-10(12-5-8)14-11(16)9-6-13-15(2)7-9/h3-7H,1-2H3,(H,12,14,16). The van der Waals surface area contributed by atoms with Crippen molar-refractivity contribution in [2.75, 3.05) is 5.32 Å². The van der Waals surface area contributed by atoms with E-state index in [0.717, 1.165) is 5.56 Å². The number of aryl methyl sites for hydroxylation is 2. The largest absolute Gasteiger partial charge is 0.306 e. The fraction of sp³-hybridized carbons (Fsp3) is 0.182. The summed E-state index contributed by atoms with van der Waals surface area (Å²) in [6, 6.07) is 3.66. The Morgan fingerprint density at radius 2 is 2.19 bits per heavy atom. The van der Waals surface area contributed by atoms with Gasteiger partial charge in [-0.2, -0.15) is 5.10 Å². The van der Waals surface area contributed by atoms with E-state index in [-0.39, 0.29) is 5.91 Å². The minimum Gasteiger partial charge on any atom is -0.306 e. The summed E-state index contributed by atoms with van der Waals surface area (Å²) in [6.45, 7) is 1.94. The molecule has 82 valence electrons. The van der Waals surface area contributed by atoms with E-state index in [1.165, 1.54) is 6.20 Å². The van der Waals surface area contributed by atoms with Crippen molar-refractivity contribution in [1.29, 1.82) is 0 Å². The van der Waals surface area contributed by atoms with Crippen LogP contribution in [0, 0.1) is 6.92 Å². The highest BCUT2D eigenvalue weighted by molar-refractivity contribution is 6.03. The number of carbonyl (C=O) groups is 1. The van der Waals surface area contributed by atoms with Gasteiger partial charge in [0.25, 0.3) is 5.91 Å². The summed E-state index contributed by atoms with van der Waals surface area (Å²) < 4.78 is 1.58. The zero-order chi connectivity index (χ0) is 11.5. The smallest absolute Gasteiger partial charge is 0.260 e. The van der Waals surface area contributed by atoms with Crippen LogP contribution in [0.4, 0.5) is 5.82 Å². The van der Waals surface area contributed by atoms with Gasteiger partial charge in [-0.05, 0) is 18.6 Å². The third kappa shape index (κ3) is 2.25. The van der Waals surface area contributed by atoms with Crippen LogP contribution in [0.3, 0.4) is 0 Å². The molecule has 0 aliphatic heterocycles. The highest BCUT2D eigenvalue weighted by Gasteiger charge is 2.08. The Bertz CT molecular complexity index is 501. The van der Waals surface area contributed by atoms with Gasteiger partial charge in [-0.15, -0.1) is 0 Å². The average Bonchev–Trinajstić information content (AvgIpc) is 2.68. The fourth-order valence-corrected chi connectivity index (χ4v) is 1.27. The summed E-state index contributed by atoms with van der Waals surface area (Å²) in [6.07, 6.45) is 4.88. The van der Waals surface area contributed by atoms with E-state index in [9.17, 15) is 4.79 Å². The topological polar surface area (TPSA) is 59.8 Å². The predicted molar refractivity (Wildman–Crippen MR) is 60.1 cm³/mol. The molecule has 0 aliphatic rings. The lowest BCUT2D eigenvalue weighted by molar-refractivity contribution is 0.102. The Morgan fingerprint density at radius 1 is 1.38 bits per heavy atom. The maximum absolute atomic E-state index is 11.7. The Morgan fingerprint density at radius 3 is 2.75 bits per heavy atom. The lowest BCUT2D eigenvalue weighted by Crippen LogP contribution is -2.12. The monoisotopic (exact) mass is 216 g/mol. The van der Waals surface area contributed by atoms with E-state index >= 15 is 0 Å². The Kier molecular flexibility index (Phi) is 2.68. The zero-order valence-electron chi connectivity index (χ0n) is 9.14. The van der Waals surface area contributed by atoms with Gasteiger partial charge in [0.15, 0.2) is 0 Å². The normalized spacial score (nSPS) is 10.1. The summed E-state index contributed by atoms with van der Waals surface area (Å²) in [5.74, 6) is 0.337. The van der Waals surface area contributed by atoms with E-state index in [4.69, 9.17) is 0 Å². The van der Waals surface area contributed by atoms with Crippen LogP contribution in [-0.4, -0.2) is 20.7 Å². The van der Waals surface area contributed by atoms with Crippen LogP contribution in [-0.2, 0) is 7.05 Å². The van der Waals surface area contributed by atoms with Crippen molar-refractivity contribution in [1.82, 2.24) is 14.8 Å². The quantitative estimate of drug-likeness (QED) is 0.824. The lowest BCUT2D eigenvalue weighted by atomic mass is 10.3. The zero-order valence-corrected chi connectivity index (χ0v) is 9.14. The molecule has 0 radical (unpaired) electrons. The molecule has 0 atom stereocenters. The molecule has 2 heterocycles. The molecule has 0 fully saturated rings. The second-order valence-electron chi connectivity index (χ2n) is 3.58. The molecule has 1 amide bonds. The molecule has 2 aromatic heterocycles. The van der Waals surface area contributed by atoms with Gasteiger partial charge >= 0.3 is 0 Å². The number of nitrogens with zero attached hydrogens (tertiary/aromatic N) is 3. The van der Waals surface area contributed by atoms with Crippen LogP contribution in [0.25, 0.3) is 0 Å². The molecule has 2 aromatic rings. The minimum atomic E-state index is -0.204. The number of carbonyl (C=O) groups excluding carboxylic acids is 1. The van der Waals surface area contributed by atoms with Gasteiger partial charge in [0, 0.05) is 19.4 Å². The molecule has 0 saturated heterocycles. The summed E-state index contributed by atoms with van der Waals surface area (Å²) in [4.78, 5) is 15.8. The number of amides is 1. The Labute approximate surface area is 93.1 Å². The molecule has 5 heteroatoms. The minimum absolute atomic E-state index is 0.204. The maximum atomic E-state index is 11.7. The van der Waals surface area contributed by atoms with Crippen LogP contribution >= 0.6 is 0 Å². The number of aromatic nitrogens is 3. The van der Waals surface area contributed by atoms with Crippen molar-refractivity contribution in [3.05, 3.63) is 41.9 Å². The molecule has 5 nitrogen and oxygen atoms in total. The number of hydrogen-bond acceptors (Lipinski definition) is 3. The van der Waals surface area contributed by atoms with Crippen LogP contribution in [0.1, 0.15) is 15.9 Å². The molecule has 0 spiro atoms. The first-order valence-corrected chi connectivity index (χ1v) is 4.88. The summed E-state index contributed by atoms with van der Waals surface area (Å²) in [5.41, 5.74) is 1.57. The summed E-state index contributed by atoms with van der Waals surface area (Å²) >= 11 is 0. The maximum Gasteiger partial charge on any atom is 0.260 e. The van der Waals surface area contributed by atoms with Crippen molar-refractivity contribution < 1.29 is 4.79 Å². The van der Waals surface area contributed by atoms with Crippen LogP contribution < -0.4 is 5.32 Å². The average molecular weight is 216 g/mol. The fourth-order valence-electron chi connectivity index (χ4n) is 1.27. The van der Waals surface area contributed by atoms with Gasteiger partial charge in [-0.1, -0.05) is 6.07 Å². The summed E-state index contributed by atoms with van der Waals surface area (Å²) in [7, 11) is 1.76. The molecule has 0 saturated carbocycles. The van der Waals surface area contributed by atoms with E-state index < -0.39 is 0 Å². The Hall–Kier alpha value is -2.17. The first-order valence-electron chi connectivity index (χ1n) is 4.88. The molecule has 0 unspecified atom stereocenters. The molecule has 1 N–H and O–H groups in total. The van der Waals surface area contributed by atoms with Gasteiger partial charge in [0.1, 0.15) is 5.82 Å². The number of hydrogen-bond donors (Lipinski definition) is 1. The first-order chi connectivity index (χ1) is 7.65. The van der Waals surface area contributed by atoms with E-state index in [2.05, 4.69) is 15.4 Å². The highest BCUT2D eigenvalue weighted by Crippen LogP contribution is 2.06. The van der Waals surface area contributed by atoms with Gasteiger partial charge in [-0.25, -0.2) is 4.98 Å². The second-order valence-corrected chi connectivity index (χ2v) is 3.58. The van der Waals surface area contributed by atoms with E-state index in [0.29, 0.717) is 11.4 Å². The number of nitrogens with one attached hydrogen (secondary N) is 1. The van der Waals surface area contributed by atoms with E-state index in [1.54, 1.807) is 30.2 Å². The van der Waals surface area contributed by atoms with Crippen LogP contribution in [0.15, 0.2) is 30.7 Å². The van der Waals surface area contributed by atoms with Gasteiger partial charge < -0.3 is 5.32 Å². The van der Waals surface area contributed by atoms with Crippen molar-refractivity contribution in [3.8, 4) is 0 Å². The second kappa shape index (κ2) is 4.14. The molecule has 2 rings (SSSR count). The van der Waals surface area contributed by atoms with Crippen molar-refractivity contribution >= 4 is 11.7 Å². The molecule has 0 aromatic carbocycles.